The van der Waals surface area contributed by atoms with Crippen LogP contribution < -0.4 is 0 Å². The van der Waals surface area contributed by atoms with Gasteiger partial charge in [-0.2, -0.15) is 0 Å². The van der Waals surface area contributed by atoms with Gasteiger partial charge in [-0.3, -0.25) is 0 Å². The molecule has 150 valence electrons. The Hall–Kier alpha value is -1.68. The summed E-state index contributed by atoms with van der Waals surface area (Å²) < 4.78 is 1.50. The van der Waals surface area contributed by atoms with Gasteiger partial charge in [-0.25, -0.2) is 0 Å². The summed E-state index contributed by atoms with van der Waals surface area (Å²) in [6.45, 7) is 0. The number of hydrogen-bond acceptors (Lipinski definition) is 6. The van der Waals surface area contributed by atoms with Crippen molar-refractivity contribution in [1.29, 1.82) is 0 Å². The maximum atomic E-state index is 10.1. The van der Waals surface area contributed by atoms with E-state index >= 15 is 0 Å². The lowest BCUT2D eigenvalue weighted by Crippen LogP contribution is -2.45. The summed E-state index contributed by atoms with van der Waals surface area (Å²) in [6.07, 6.45) is -5.21. The largest absolute Gasteiger partial charge is 0.509 e. The molecule has 0 heterocycles. The van der Waals surface area contributed by atoms with Gasteiger partial charge in [0.1, 0.15) is 35.9 Å². The number of rotatable bonds is 7. The number of halogens is 2. The highest BCUT2D eigenvalue weighted by atomic mass is 79.9. The third-order valence-corrected chi connectivity index (χ3v) is 4.92. The second kappa shape index (κ2) is 10.2. The molecule has 2 aromatic carbocycles. The Kier molecular flexibility index (Phi) is 8.23. The summed E-state index contributed by atoms with van der Waals surface area (Å²) in [7, 11) is 0. The lowest BCUT2D eigenvalue weighted by Gasteiger charge is -2.26. The average Bonchev–Trinajstić information content (AvgIpc) is 2.65. The van der Waals surface area contributed by atoms with E-state index in [1.54, 1.807) is 48.5 Å². The molecule has 0 spiro atoms. The Balaban J connectivity index is 2.12. The van der Waals surface area contributed by atoms with Crippen LogP contribution in [0.3, 0.4) is 0 Å². The Labute approximate surface area is 179 Å². The molecular weight excluding hydrogens is 496 g/mol. The van der Waals surface area contributed by atoms with E-state index in [0.29, 0.717) is 11.1 Å². The van der Waals surface area contributed by atoms with Gasteiger partial charge in [-0.15, -0.1) is 0 Å². The maximum absolute atomic E-state index is 10.1. The summed E-state index contributed by atoms with van der Waals surface area (Å²) in [5.74, 6) is -1.21. The van der Waals surface area contributed by atoms with Gasteiger partial charge < -0.3 is 30.6 Å². The fourth-order valence-electron chi connectivity index (χ4n) is 2.43. The van der Waals surface area contributed by atoms with E-state index in [0.717, 1.165) is 8.95 Å². The van der Waals surface area contributed by atoms with Crippen LogP contribution in [0.2, 0.25) is 0 Å². The smallest absolute Gasteiger partial charge is 0.139 e. The lowest BCUT2D eigenvalue weighted by molar-refractivity contribution is -0.0996. The van der Waals surface area contributed by atoms with Gasteiger partial charge in [-0.05, 0) is 47.5 Å². The molecule has 0 aliphatic carbocycles. The van der Waals surface area contributed by atoms with Crippen molar-refractivity contribution in [2.45, 2.75) is 24.4 Å². The predicted molar refractivity (Wildman–Crippen MR) is 114 cm³/mol. The van der Waals surface area contributed by atoms with E-state index in [-0.39, 0.29) is 0 Å². The normalized spacial score (nSPS) is 17.1. The monoisotopic (exact) mass is 514 g/mol. The van der Waals surface area contributed by atoms with Crippen LogP contribution in [-0.2, 0) is 0 Å². The molecule has 0 aliphatic rings. The highest BCUT2D eigenvalue weighted by molar-refractivity contribution is 9.10. The molecule has 0 bridgehead atoms. The first kappa shape index (κ1) is 22.6. The van der Waals surface area contributed by atoms with Crippen molar-refractivity contribution in [3.05, 3.63) is 80.1 Å². The molecule has 0 saturated heterocycles. The van der Waals surface area contributed by atoms with Crippen molar-refractivity contribution in [1.82, 2.24) is 0 Å². The van der Waals surface area contributed by atoms with Crippen LogP contribution >= 0.6 is 31.9 Å². The standard InChI is InChI=1S/C20H20Br2O6/c21-13-5-1-3-11(7-13)9-15(23)17(25)19(27)20(28)18(26)16(24)10-12-4-2-6-14(22)8-12/h1-10,17-20,23-28H/t17-,18+,19-,20-/m1/s1. The Morgan fingerprint density at radius 3 is 1.36 bits per heavy atom. The molecule has 0 amide bonds. The minimum absolute atomic E-state index is 0.547. The molecule has 0 unspecified atom stereocenters. The third kappa shape index (κ3) is 6.16. The van der Waals surface area contributed by atoms with Crippen molar-refractivity contribution in [2.75, 3.05) is 0 Å². The van der Waals surface area contributed by atoms with E-state index in [2.05, 4.69) is 31.9 Å². The lowest BCUT2D eigenvalue weighted by atomic mass is 9.99. The number of hydrogen-bond donors (Lipinski definition) is 6. The number of aliphatic hydroxyl groups excluding tert-OH is 6. The van der Waals surface area contributed by atoms with Gasteiger partial charge in [0.15, 0.2) is 0 Å². The van der Waals surface area contributed by atoms with Gasteiger partial charge in [-0.1, -0.05) is 56.1 Å². The molecule has 0 fully saturated rings. The maximum Gasteiger partial charge on any atom is 0.139 e. The van der Waals surface area contributed by atoms with E-state index in [9.17, 15) is 30.6 Å². The quantitative estimate of drug-likeness (QED) is 0.315. The van der Waals surface area contributed by atoms with E-state index in [1.807, 2.05) is 0 Å². The van der Waals surface area contributed by atoms with E-state index in [1.165, 1.54) is 12.2 Å². The molecule has 8 heteroatoms. The molecular formula is C20H20Br2O6. The van der Waals surface area contributed by atoms with Crippen LogP contribution in [0.15, 0.2) is 69.0 Å². The van der Waals surface area contributed by atoms with Crippen molar-refractivity contribution in [2.24, 2.45) is 0 Å². The summed E-state index contributed by atoms with van der Waals surface area (Å²) in [5, 5.41) is 60.4. The average molecular weight is 516 g/mol. The Bertz CT molecular complexity index is 796. The molecule has 0 aromatic heterocycles. The number of aliphatic hydroxyl groups is 6. The van der Waals surface area contributed by atoms with E-state index < -0.39 is 35.9 Å². The van der Waals surface area contributed by atoms with Gasteiger partial charge in [0.25, 0.3) is 0 Å². The molecule has 6 N–H and O–H groups in total. The zero-order chi connectivity index (χ0) is 20.8. The molecule has 0 saturated carbocycles. The topological polar surface area (TPSA) is 121 Å². The highest BCUT2D eigenvalue weighted by Crippen LogP contribution is 2.20. The third-order valence-electron chi connectivity index (χ3n) is 3.93. The molecule has 0 radical (unpaired) electrons. The zero-order valence-corrected chi connectivity index (χ0v) is 17.7. The van der Waals surface area contributed by atoms with Crippen LogP contribution in [0.1, 0.15) is 11.1 Å². The van der Waals surface area contributed by atoms with Gasteiger partial charge in [0.05, 0.1) is 0 Å². The molecule has 2 rings (SSSR count). The first-order chi connectivity index (χ1) is 13.2. The Morgan fingerprint density at radius 2 is 1.04 bits per heavy atom. The van der Waals surface area contributed by atoms with Crippen LogP contribution in [0.4, 0.5) is 0 Å². The molecule has 6 nitrogen and oxygen atoms in total. The minimum Gasteiger partial charge on any atom is -0.509 e. The molecule has 2 aromatic rings. The van der Waals surface area contributed by atoms with Crippen LogP contribution in [0, 0.1) is 0 Å². The molecule has 4 atom stereocenters. The van der Waals surface area contributed by atoms with Crippen molar-refractivity contribution >= 4 is 44.0 Å². The first-order valence-electron chi connectivity index (χ1n) is 8.23. The van der Waals surface area contributed by atoms with Crippen LogP contribution in [0.5, 0.6) is 0 Å². The van der Waals surface area contributed by atoms with E-state index in [4.69, 9.17) is 0 Å². The summed E-state index contributed by atoms with van der Waals surface area (Å²) in [6, 6.07) is 13.7. The van der Waals surface area contributed by atoms with Crippen LogP contribution in [-0.4, -0.2) is 55.1 Å². The predicted octanol–water partition coefficient (Wildman–Crippen LogP) is 3.15. The fraction of sp³-hybridized carbons (Fsp3) is 0.200. The summed E-state index contributed by atoms with van der Waals surface area (Å²) in [4.78, 5) is 0. The zero-order valence-electron chi connectivity index (χ0n) is 14.5. The minimum atomic E-state index is -1.95. The van der Waals surface area contributed by atoms with Crippen molar-refractivity contribution < 1.29 is 30.6 Å². The summed E-state index contributed by atoms with van der Waals surface area (Å²) in [5.41, 5.74) is 1.09. The highest BCUT2D eigenvalue weighted by Gasteiger charge is 2.34. The molecule has 28 heavy (non-hydrogen) atoms. The molecule has 0 aliphatic heterocycles. The van der Waals surface area contributed by atoms with Gasteiger partial charge in [0.2, 0.25) is 0 Å². The van der Waals surface area contributed by atoms with Gasteiger partial charge in [0, 0.05) is 8.95 Å². The first-order valence-corrected chi connectivity index (χ1v) is 9.82. The SMILES string of the molecule is OC(=Cc1cccc(Br)c1)[C@@H](O)[C@@H](O)[C@H](O)[C@@H](O)C(O)=Cc1cccc(Br)c1. The van der Waals surface area contributed by atoms with Crippen molar-refractivity contribution in [3.8, 4) is 0 Å². The van der Waals surface area contributed by atoms with Crippen LogP contribution in [0.25, 0.3) is 12.2 Å². The second-order valence-electron chi connectivity index (χ2n) is 6.12. The Morgan fingerprint density at radius 1 is 0.679 bits per heavy atom. The number of benzene rings is 2. The fourth-order valence-corrected chi connectivity index (χ4v) is 3.26. The summed E-state index contributed by atoms with van der Waals surface area (Å²) >= 11 is 6.55. The van der Waals surface area contributed by atoms with Crippen molar-refractivity contribution in [3.63, 3.8) is 0 Å². The second-order valence-corrected chi connectivity index (χ2v) is 7.95. The van der Waals surface area contributed by atoms with Gasteiger partial charge >= 0.3 is 0 Å².